The van der Waals surface area contributed by atoms with E-state index in [0.717, 1.165) is 16.1 Å². The Morgan fingerprint density at radius 1 is 1.00 bits per heavy atom. The molecule has 0 atom stereocenters. The molecule has 0 unspecified atom stereocenters. The number of hydrogen-bond donors (Lipinski definition) is 3. The first-order valence-electron chi connectivity index (χ1n) is 7.70. The van der Waals surface area contributed by atoms with Gasteiger partial charge < -0.3 is 16.0 Å². The Bertz CT molecular complexity index is 768. The van der Waals surface area contributed by atoms with Crippen LogP contribution in [0.1, 0.15) is 5.56 Å². The molecule has 0 spiro atoms. The fourth-order valence-electron chi connectivity index (χ4n) is 2.14. The number of nitrogens with one attached hydrogen (secondary N) is 3. The molecule has 0 aliphatic heterocycles. The van der Waals surface area contributed by atoms with Gasteiger partial charge in [-0.1, -0.05) is 29.8 Å². The van der Waals surface area contributed by atoms with E-state index in [-0.39, 0.29) is 24.9 Å². The van der Waals surface area contributed by atoms with E-state index in [1.165, 1.54) is 0 Å². The second-order valence-electron chi connectivity index (χ2n) is 5.29. The Kier molecular flexibility index (Phi) is 7.16. The quantitative estimate of drug-likeness (QED) is 0.645. The van der Waals surface area contributed by atoms with Crippen molar-refractivity contribution in [3.8, 4) is 0 Å². The smallest absolute Gasteiger partial charge is 0.243 e. The number of carbonyl (C=O) groups excluding carboxylic acids is 2. The lowest BCUT2D eigenvalue weighted by atomic mass is 10.2. The zero-order chi connectivity index (χ0) is 18.2. The van der Waals surface area contributed by atoms with Gasteiger partial charge >= 0.3 is 0 Å². The Labute approximate surface area is 156 Å². The molecule has 2 aromatic rings. The zero-order valence-electron chi connectivity index (χ0n) is 14.1. The maximum atomic E-state index is 12.0. The van der Waals surface area contributed by atoms with Crippen molar-refractivity contribution in [1.82, 2.24) is 5.32 Å². The average molecular weight is 378 g/mol. The van der Waals surface area contributed by atoms with E-state index in [4.69, 9.17) is 11.6 Å². The number of hydrogen-bond acceptors (Lipinski definition) is 4. The molecule has 0 saturated carbocycles. The molecule has 0 fully saturated rings. The van der Waals surface area contributed by atoms with Crippen LogP contribution in [-0.4, -0.2) is 31.2 Å². The summed E-state index contributed by atoms with van der Waals surface area (Å²) in [6.07, 6.45) is 1.97. The minimum Gasteiger partial charge on any atom is -0.375 e. The maximum absolute atomic E-state index is 12.0. The third-order valence-corrected chi connectivity index (χ3v) is 4.74. The van der Waals surface area contributed by atoms with Gasteiger partial charge in [-0.15, -0.1) is 11.8 Å². The fourth-order valence-corrected chi connectivity index (χ4v) is 2.89. The highest BCUT2D eigenvalue weighted by Gasteiger charge is 2.09. The van der Waals surface area contributed by atoms with Crippen LogP contribution < -0.4 is 16.0 Å². The van der Waals surface area contributed by atoms with Gasteiger partial charge in [-0.3, -0.25) is 9.59 Å². The van der Waals surface area contributed by atoms with Crippen LogP contribution in [0.25, 0.3) is 0 Å². The van der Waals surface area contributed by atoms with Crippen LogP contribution in [0.5, 0.6) is 0 Å². The van der Waals surface area contributed by atoms with E-state index in [1.807, 2.05) is 37.4 Å². The number of para-hydroxylation sites is 1. The van der Waals surface area contributed by atoms with E-state index < -0.39 is 0 Å². The first kappa shape index (κ1) is 19.1. The van der Waals surface area contributed by atoms with Gasteiger partial charge in [0.25, 0.3) is 0 Å². The fraction of sp³-hybridized carbons (Fsp3) is 0.222. The summed E-state index contributed by atoms with van der Waals surface area (Å²) < 4.78 is 0. The van der Waals surface area contributed by atoms with Crippen molar-refractivity contribution in [2.24, 2.45) is 0 Å². The van der Waals surface area contributed by atoms with E-state index in [0.29, 0.717) is 10.7 Å². The number of halogens is 1. The summed E-state index contributed by atoms with van der Waals surface area (Å²) in [6.45, 7) is 1.82. The number of amides is 2. The highest BCUT2D eigenvalue weighted by molar-refractivity contribution is 7.98. The molecule has 132 valence electrons. The number of carbonyl (C=O) groups is 2. The lowest BCUT2D eigenvalue weighted by Gasteiger charge is -2.12. The van der Waals surface area contributed by atoms with Crippen molar-refractivity contribution < 1.29 is 9.59 Å². The van der Waals surface area contributed by atoms with Gasteiger partial charge in [-0.05, 0) is 43.0 Å². The summed E-state index contributed by atoms with van der Waals surface area (Å²) in [5.41, 5.74) is 2.32. The van der Waals surface area contributed by atoms with E-state index in [2.05, 4.69) is 16.0 Å². The largest absolute Gasteiger partial charge is 0.375 e. The molecule has 2 aromatic carbocycles. The second-order valence-corrected chi connectivity index (χ2v) is 6.55. The molecule has 0 aliphatic carbocycles. The molecule has 0 aromatic heterocycles. The summed E-state index contributed by atoms with van der Waals surface area (Å²) in [4.78, 5) is 24.9. The van der Waals surface area contributed by atoms with Crippen LogP contribution >= 0.6 is 23.4 Å². The van der Waals surface area contributed by atoms with Crippen LogP contribution in [0.15, 0.2) is 47.4 Å². The van der Waals surface area contributed by atoms with E-state index >= 15 is 0 Å². The Morgan fingerprint density at radius 2 is 1.72 bits per heavy atom. The van der Waals surface area contributed by atoms with Gasteiger partial charge in [-0.25, -0.2) is 0 Å². The van der Waals surface area contributed by atoms with Gasteiger partial charge in [0, 0.05) is 21.3 Å². The monoisotopic (exact) mass is 377 g/mol. The first-order valence-corrected chi connectivity index (χ1v) is 9.30. The summed E-state index contributed by atoms with van der Waals surface area (Å²) in [5.74, 6) is -0.558. The number of anilines is 2. The van der Waals surface area contributed by atoms with Gasteiger partial charge in [-0.2, -0.15) is 0 Å². The van der Waals surface area contributed by atoms with Crippen molar-refractivity contribution in [3.63, 3.8) is 0 Å². The predicted molar refractivity (Wildman–Crippen MR) is 105 cm³/mol. The average Bonchev–Trinajstić information content (AvgIpc) is 2.62. The van der Waals surface area contributed by atoms with Crippen LogP contribution in [0, 0.1) is 6.92 Å². The molecule has 0 bridgehead atoms. The number of thioether (sulfide) groups is 1. The predicted octanol–water partition coefficient (Wildman–Crippen LogP) is 3.54. The van der Waals surface area contributed by atoms with Crippen molar-refractivity contribution in [3.05, 3.63) is 53.1 Å². The molecule has 2 rings (SSSR count). The zero-order valence-corrected chi connectivity index (χ0v) is 15.6. The van der Waals surface area contributed by atoms with E-state index in [9.17, 15) is 9.59 Å². The Hall–Kier alpha value is -2.18. The molecule has 25 heavy (non-hydrogen) atoms. The minimum atomic E-state index is -0.303. The molecule has 7 heteroatoms. The van der Waals surface area contributed by atoms with Crippen molar-refractivity contribution in [2.75, 3.05) is 30.0 Å². The molecule has 0 radical (unpaired) electrons. The highest BCUT2D eigenvalue weighted by Crippen LogP contribution is 2.24. The lowest BCUT2D eigenvalue weighted by Crippen LogP contribution is -2.36. The topological polar surface area (TPSA) is 70.2 Å². The van der Waals surface area contributed by atoms with Gasteiger partial charge in [0.2, 0.25) is 11.8 Å². The molecular weight excluding hydrogens is 358 g/mol. The van der Waals surface area contributed by atoms with Crippen molar-refractivity contribution >= 4 is 46.6 Å². The number of rotatable bonds is 7. The normalized spacial score (nSPS) is 10.2. The standard InChI is InChI=1S/C18H20ClN3O2S/c1-12-13(19)6-5-8-14(12)22-18(24)11-21-17(23)10-20-15-7-3-4-9-16(15)25-2/h3-9,20H,10-11H2,1-2H3,(H,21,23)(H,22,24). The molecule has 0 heterocycles. The van der Waals surface area contributed by atoms with Gasteiger partial charge in [0.15, 0.2) is 0 Å². The minimum absolute atomic E-state index is 0.0983. The number of benzene rings is 2. The Morgan fingerprint density at radius 3 is 2.48 bits per heavy atom. The van der Waals surface area contributed by atoms with Crippen LogP contribution in [0.3, 0.4) is 0 Å². The summed E-state index contributed by atoms with van der Waals surface area (Å²) in [7, 11) is 0. The summed E-state index contributed by atoms with van der Waals surface area (Å²) >= 11 is 7.62. The van der Waals surface area contributed by atoms with E-state index in [1.54, 1.807) is 30.0 Å². The maximum Gasteiger partial charge on any atom is 0.243 e. The van der Waals surface area contributed by atoms with Crippen LogP contribution in [0.2, 0.25) is 5.02 Å². The molecular formula is C18H20ClN3O2S. The van der Waals surface area contributed by atoms with Crippen molar-refractivity contribution in [2.45, 2.75) is 11.8 Å². The lowest BCUT2D eigenvalue weighted by molar-refractivity contribution is -0.122. The van der Waals surface area contributed by atoms with Gasteiger partial charge in [0.1, 0.15) is 0 Å². The first-order chi connectivity index (χ1) is 12.0. The third kappa shape index (κ3) is 5.69. The van der Waals surface area contributed by atoms with Crippen LogP contribution in [-0.2, 0) is 9.59 Å². The molecule has 3 N–H and O–H groups in total. The summed E-state index contributed by atoms with van der Waals surface area (Å²) in [5, 5.41) is 8.98. The SMILES string of the molecule is CSc1ccccc1NCC(=O)NCC(=O)Nc1cccc(Cl)c1C. The second kappa shape index (κ2) is 9.34. The summed E-state index contributed by atoms with van der Waals surface area (Å²) in [6, 6.07) is 13.0. The van der Waals surface area contributed by atoms with Crippen LogP contribution in [0.4, 0.5) is 11.4 Å². The molecule has 0 aliphatic rings. The molecule has 5 nitrogen and oxygen atoms in total. The van der Waals surface area contributed by atoms with Gasteiger partial charge in [0.05, 0.1) is 13.1 Å². The highest BCUT2D eigenvalue weighted by atomic mass is 35.5. The Balaban J connectivity index is 1.79. The third-order valence-electron chi connectivity index (χ3n) is 3.53. The van der Waals surface area contributed by atoms with Crippen molar-refractivity contribution in [1.29, 1.82) is 0 Å². The molecule has 2 amide bonds. The molecule has 0 saturated heterocycles.